The number of carbonyl (C=O) groups is 1. The van der Waals surface area contributed by atoms with Gasteiger partial charge in [0.2, 0.25) is 0 Å². The topological polar surface area (TPSA) is 51.0 Å². The summed E-state index contributed by atoms with van der Waals surface area (Å²) in [6, 6.07) is 6.04. The molecule has 0 aliphatic carbocycles. The monoisotopic (exact) mass is 340 g/mol. The van der Waals surface area contributed by atoms with E-state index in [0.29, 0.717) is 0 Å². The van der Waals surface area contributed by atoms with Crippen molar-refractivity contribution in [3.8, 4) is 0 Å². The van der Waals surface area contributed by atoms with Crippen LogP contribution in [0.15, 0.2) is 29.8 Å². The highest BCUT2D eigenvalue weighted by Crippen LogP contribution is 2.32. The van der Waals surface area contributed by atoms with Crippen LogP contribution in [0.4, 0.5) is 0 Å². The van der Waals surface area contributed by atoms with Gasteiger partial charge in [0.05, 0.1) is 10.6 Å². The van der Waals surface area contributed by atoms with Crippen LogP contribution in [0.3, 0.4) is 0 Å². The average molecular weight is 340 g/mol. The van der Waals surface area contributed by atoms with Gasteiger partial charge in [0.15, 0.2) is 5.65 Å². The van der Waals surface area contributed by atoms with Gasteiger partial charge in [0.1, 0.15) is 0 Å². The van der Waals surface area contributed by atoms with Crippen LogP contribution in [0, 0.1) is 6.92 Å². The van der Waals surface area contributed by atoms with Crippen LogP contribution in [-0.4, -0.2) is 38.7 Å². The minimum Gasteiger partial charge on any atom is -0.337 e. The van der Waals surface area contributed by atoms with Crippen molar-refractivity contribution in [3.63, 3.8) is 0 Å². The summed E-state index contributed by atoms with van der Waals surface area (Å²) in [5, 5.41) is 7.80. The highest BCUT2D eigenvalue weighted by atomic mass is 32.1. The SMILES string of the molecule is Cc1ccsc1C(=O)N1CCC[C@@H](c2nn(C)c3ncccc23)C1. The Morgan fingerprint density at radius 1 is 1.38 bits per heavy atom. The fourth-order valence-corrected chi connectivity index (χ4v) is 4.43. The van der Waals surface area contributed by atoms with E-state index >= 15 is 0 Å². The highest BCUT2D eigenvalue weighted by Gasteiger charge is 2.29. The maximum atomic E-state index is 12.8. The molecule has 0 spiro atoms. The number of carbonyl (C=O) groups excluding carboxylic acids is 1. The summed E-state index contributed by atoms with van der Waals surface area (Å²) in [6.45, 7) is 3.57. The minimum absolute atomic E-state index is 0.158. The molecular weight excluding hydrogens is 320 g/mol. The fourth-order valence-electron chi connectivity index (χ4n) is 3.54. The molecule has 3 aromatic heterocycles. The fraction of sp³-hybridized carbons (Fsp3) is 0.389. The zero-order valence-electron chi connectivity index (χ0n) is 13.9. The zero-order valence-corrected chi connectivity index (χ0v) is 14.7. The summed E-state index contributed by atoms with van der Waals surface area (Å²) in [7, 11) is 1.93. The molecular formula is C18H20N4OS. The van der Waals surface area contributed by atoms with Crippen molar-refractivity contribution in [1.82, 2.24) is 19.7 Å². The van der Waals surface area contributed by atoms with Gasteiger partial charge < -0.3 is 4.90 Å². The van der Waals surface area contributed by atoms with Crippen LogP contribution >= 0.6 is 11.3 Å². The van der Waals surface area contributed by atoms with Crippen LogP contribution in [0.5, 0.6) is 0 Å². The molecule has 6 heteroatoms. The van der Waals surface area contributed by atoms with E-state index in [9.17, 15) is 4.79 Å². The van der Waals surface area contributed by atoms with Gasteiger partial charge in [0.25, 0.3) is 5.91 Å². The number of fused-ring (bicyclic) bond motifs is 1. The lowest BCUT2D eigenvalue weighted by Gasteiger charge is -2.32. The molecule has 124 valence electrons. The Morgan fingerprint density at radius 2 is 2.25 bits per heavy atom. The first-order valence-corrected chi connectivity index (χ1v) is 9.14. The van der Waals surface area contributed by atoms with Crippen LogP contribution in [0.1, 0.15) is 39.7 Å². The highest BCUT2D eigenvalue weighted by molar-refractivity contribution is 7.12. The number of amides is 1. The van der Waals surface area contributed by atoms with Crippen molar-refractivity contribution in [2.75, 3.05) is 13.1 Å². The summed E-state index contributed by atoms with van der Waals surface area (Å²) in [5.74, 6) is 0.432. The van der Waals surface area contributed by atoms with Gasteiger partial charge >= 0.3 is 0 Å². The van der Waals surface area contributed by atoms with E-state index in [1.807, 2.05) is 41.1 Å². The van der Waals surface area contributed by atoms with E-state index in [2.05, 4.69) is 11.1 Å². The standard InChI is InChI=1S/C18H20N4OS/c1-12-7-10-24-16(12)18(23)22-9-4-5-13(11-22)15-14-6-3-8-19-17(14)21(2)20-15/h3,6-8,10,13H,4-5,9,11H2,1-2H3/t13-/m1/s1. The minimum atomic E-state index is 0.158. The number of hydrogen-bond acceptors (Lipinski definition) is 4. The second kappa shape index (κ2) is 6.02. The molecule has 1 amide bonds. The molecule has 1 aliphatic rings. The quantitative estimate of drug-likeness (QED) is 0.719. The van der Waals surface area contributed by atoms with E-state index in [4.69, 9.17) is 5.10 Å². The summed E-state index contributed by atoms with van der Waals surface area (Å²) in [6.07, 6.45) is 3.87. The molecule has 1 atom stereocenters. The van der Waals surface area contributed by atoms with Crippen LogP contribution < -0.4 is 0 Å². The zero-order chi connectivity index (χ0) is 16.7. The molecule has 0 saturated carbocycles. The Labute approximate surface area is 144 Å². The lowest BCUT2D eigenvalue weighted by molar-refractivity contribution is 0.0710. The molecule has 1 saturated heterocycles. The maximum absolute atomic E-state index is 12.8. The third kappa shape index (κ3) is 2.51. The number of nitrogens with zero attached hydrogens (tertiary/aromatic N) is 4. The number of aryl methyl sites for hydroxylation is 2. The number of pyridine rings is 1. The Kier molecular flexibility index (Phi) is 3.84. The molecule has 4 rings (SSSR count). The number of aromatic nitrogens is 3. The van der Waals surface area contributed by atoms with Crippen molar-refractivity contribution in [2.45, 2.75) is 25.7 Å². The van der Waals surface area contributed by atoms with Crippen molar-refractivity contribution in [1.29, 1.82) is 0 Å². The predicted molar refractivity (Wildman–Crippen MR) is 95.4 cm³/mol. The Hall–Kier alpha value is -2.21. The molecule has 5 nitrogen and oxygen atoms in total. The third-order valence-corrected chi connectivity index (χ3v) is 5.78. The van der Waals surface area contributed by atoms with Gasteiger partial charge in [-0.05, 0) is 48.9 Å². The van der Waals surface area contributed by atoms with Crippen LogP contribution in [0.2, 0.25) is 0 Å². The van der Waals surface area contributed by atoms with Crippen molar-refractivity contribution in [3.05, 3.63) is 45.9 Å². The molecule has 0 radical (unpaired) electrons. The first-order chi connectivity index (χ1) is 11.6. The van der Waals surface area contributed by atoms with E-state index in [0.717, 1.165) is 53.1 Å². The lowest BCUT2D eigenvalue weighted by atomic mass is 9.93. The number of rotatable bonds is 2. The van der Waals surface area contributed by atoms with Crippen LogP contribution in [0.25, 0.3) is 11.0 Å². The summed E-state index contributed by atoms with van der Waals surface area (Å²) < 4.78 is 1.84. The summed E-state index contributed by atoms with van der Waals surface area (Å²) in [5.41, 5.74) is 3.05. The molecule has 1 aliphatic heterocycles. The second-order valence-electron chi connectivity index (χ2n) is 6.41. The smallest absolute Gasteiger partial charge is 0.264 e. The molecule has 0 N–H and O–H groups in total. The van der Waals surface area contributed by atoms with E-state index in [-0.39, 0.29) is 11.8 Å². The van der Waals surface area contributed by atoms with Crippen molar-refractivity contribution < 1.29 is 4.79 Å². The first-order valence-electron chi connectivity index (χ1n) is 8.26. The molecule has 24 heavy (non-hydrogen) atoms. The van der Waals surface area contributed by atoms with Gasteiger partial charge in [-0.25, -0.2) is 4.98 Å². The van der Waals surface area contributed by atoms with Crippen molar-refractivity contribution in [2.24, 2.45) is 7.05 Å². The molecule has 1 fully saturated rings. The van der Waals surface area contributed by atoms with E-state index < -0.39 is 0 Å². The third-order valence-electron chi connectivity index (χ3n) is 4.78. The number of hydrogen-bond donors (Lipinski definition) is 0. The van der Waals surface area contributed by atoms with E-state index in [1.54, 1.807) is 6.20 Å². The normalized spacial score (nSPS) is 18.2. The summed E-state index contributed by atoms with van der Waals surface area (Å²) >= 11 is 1.53. The molecule has 3 aromatic rings. The van der Waals surface area contributed by atoms with Gasteiger partial charge in [-0.2, -0.15) is 5.10 Å². The predicted octanol–water partition coefficient (Wildman–Crippen LogP) is 3.36. The molecule has 0 aromatic carbocycles. The number of piperidine rings is 1. The lowest BCUT2D eigenvalue weighted by Crippen LogP contribution is -2.39. The average Bonchev–Trinajstić information content (AvgIpc) is 3.18. The Bertz CT molecular complexity index is 897. The Balaban J connectivity index is 1.63. The maximum Gasteiger partial charge on any atom is 0.264 e. The van der Waals surface area contributed by atoms with Gasteiger partial charge in [-0.3, -0.25) is 9.48 Å². The first kappa shape index (κ1) is 15.3. The van der Waals surface area contributed by atoms with Gasteiger partial charge in [0, 0.05) is 37.6 Å². The van der Waals surface area contributed by atoms with Gasteiger partial charge in [-0.15, -0.1) is 11.3 Å². The molecule has 0 unspecified atom stereocenters. The number of thiophene rings is 1. The largest absolute Gasteiger partial charge is 0.337 e. The molecule has 4 heterocycles. The Morgan fingerprint density at radius 3 is 3.04 bits per heavy atom. The molecule has 0 bridgehead atoms. The van der Waals surface area contributed by atoms with Gasteiger partial charge in [-0.1, -0.05) is 0 Å². The summed E-state index contributed by atoms with van der Waals surface area (Å²) in [4.78, 5) is 20.1. The number of likely N-dealkylation sites (tertiary alicyclic amines) is 1. The van der Waals surface area contributed by atoms with Crippen molar-refractivity contribution >= 4 is 28.3 Å². The van der Waals surface area contributed by atoms with E-state index in [1.165, 1.54) is 11.3 Å². The second-order valence-corrected chi connectivity index (χ2v) is 7.32. The van der Waals surface area contributed by atoms with Crippen LogP contribution in [-0.2, 0) is 7.05 Å².